The molecule has 7 heteroatoms. The van der Waals surface area contributed by atoms with Crippen LogP contribution in [0.1, 0.15) is 34.8 Å². The fourth-order valence-corrected chi connectivity index (χ4v) is 3.89. The van der Waals surface area contributed by atoms with E-state index in [0.717, 1.165) is 12.0 Å². The van der Waals surface area contributed by atoms with Crippen molar-refractivity contribution >= 4 is 15.9 Å². The molecule has 1 fully saturated rings. The van der Waals surface area contributed by atoms with Crippen molar-refractivity contribution in [3.05, 3.63) is 28.8 Å². The summed E-state index contributed by atoms with van der Waals surface area (Å²) >= 11 is 0. The summed E-state index contributed by atoms with van der Waals surface area (Å²) in [5, 5.41) is 5.25. The number of hydrogen-bond donors (Lipinski definition) is 2. The second kappa shape index (κ2) is 5.98. The van der Waals surface area contributed by atoms with Crippen LogP contribution >= 0.6 is 0 Å². The van der Waals surface area contributed by atoms with E-state index in [0.29, 0.717) is 30.1 Å². The van der Waals surface area contributed by atoms with Gasteiger partial charge in [-0.2, -0.15) is 0 Å². The van der Waals surface area contributed by atoms with E-state index in [2.05, 4.69) is 0 Å². The largest absolute Gasteiger partial charge is 0.336 e. The zero-order valence-electron chi connectivity index (χ0n) is 13.2. The quantitative estimate of drug-likeness (QED) is 0.855. The van der Waals surface area contributed by atoms with Crippen LogP contribution in [0.4, 0.5) is 0 Å². The molecule has 4 N–H and O–H groups in total. The number of carbonyl (C=O) groups excluding carboxylic acids is 1. The van der Waals surface area contributed by atoms with Crippen molar-refractivity contribution in [3.63, 3.8) is 0 Å². The lowest BCUT2D eigenvalue weighted by Gasteiger charge is -2.22. The van der Waals surface area contributed by atoms with Gasteiger partial charge in [0.25, 0.3) is 5.91 Å². The molecule has 0 saturated carbocycles. The molecule has 2 rings (SSSR count). The zero-order valence-corrected chi connectivity index (χ0v) is 14.0. The van der Waals surface area contributed by atoms with E-state index in [9.17, 15) is 13.2 Å². The number of likely N-dealkylation sites (tertiary alicyclic amines) is 1. The minimum absolute atomic E-state index is 0.0121. The number of amides is 1. The SMILES string of the molecule is Cc1cc(C(=O)N2CC(CN)CC2C)cc(S(N)(=O)=O)c1C. The number of rotatable bonds is 3. The summed E-state index contributed by atoms with van der Waals surface area (Å²) in [6.07, 6.45) is 0.870. The molecule has 122 valence electrons. The van der Waals surface area contributed by atoms with Gasteiger partial charge in [-0.25, -0.2) is 13.6 Å². The fraction of sp³-hybridized carbons (Fsp3) is 0.533. The number of nitrogens with zero attached hydrogens (tertiary/aromatic N) is 1. The Hall–Kier alpha value is -1.44. The Morgan fingerprint density at radius 1 is 1.36 bits per heavy atom. The first-order valence-electron chi connectivity index (χ1n) is 7.30. The predicted molar refractivity (Wildman–Crippen MR) is 84.9 cm³/mol. The van der Waals surface area contributed by atoms with Crippen LogP contribution in [0.15, 0.2) is 17.0 Å². The topological polar surface area (TPSA) is 106 Å². The van der Waals surface area contributed by atoms with Gasteiger partial charge in [0, 0.05) is 18.2 Å². The molecule has 1 aliphatic heterocycles. The minimum atomic E-state index is -3.86. The Kier molecular flexibility index (Phi) is 4.60. The Morgan fingerprint density at radius 3 is 2.50 bits per heavy atom. The van der Waals surface area contributed by atoms with Crippen LogP contribution in [-0.4, -0.2) is 38.4 Å². The number of hydrogen-bond acceptors (Lipinski definition) is 4. The third-order valence-corrected chi connectivity index (χ3v) is 5.47. The van der Waals surface area contributed by atoms with Crippen molar-refractivity contribution in [3.8, 4) is 0 Å². The van der Waals surface area contributed by atoms with Gasteiger partial charge in [0.1, 0.15) is 0 Å². The summed E-state index contributed by atoms with van der Waals surface area (Å²) in [6, 6.07) is 3.19. The average molecular weight is 325 g/mol. The van der Waals surface area contributed by atoms with Crippen LogP contribution in [0.3, 0.4) is 0 Å². The third kappa shape index (κ3) is 3.16. The van der Waals surface area contributed by atoms with Gasteiger partial charge in [-0.05, 0) is 62.9 Å². The zero-order chi connectivity index (χ0) is 16.7. The highest BCUT2D eigenvalue weighted by Crippen LogP contribution is 2.26. The highest BCUT2D eigenvalue weighted by Gasteiger charge is 2.32. The molecular formula is C15H23N3O3S. The predicted octanol–water partition coefficient (Wildman–Crippen LogP) is 0.760. The molecule has 0 aromatic heterocycles. The number of aryl methyl sites for hydroxylation is 1. The molecule has 2 atom stereocenters. The number of carbonyl (C=O) groups is 1. The van der Waals surface area contributed by atoms with Crippen molar-refractivity contribution in [1.29, 1.82) is 0 Å². The molecule has 0 radical (unpaired) electrons. The van der Waals surface area contributed by atoms with Crippen molar-refractivity contribution in [2.45, 2.75) is 38.1 Å². The van der Waals surface area contributed by atoms with Crippen LogP contribution in [0, 0.1) is 19.8 Å². The molecule has 0 spiro atoms. The molecular weight excluding hydrogens is 302 g/mol. The van der Waals surface area contributed by atoms with Crippen molar-refractivity contribution in [2.24, 2.45) is 16.8 Å². The lowest BCUT2D eigenvalue weighted by Crippen LogP contribution is -2.34. The van der Waals surface area contributed by atoms with Crippen LogP contribution < -0.4 is 10.9 Å². The Balaban J connectivity index is 2.41. The van der Waals surface area contributed by atoms with Crippen LogP contribution in [-0.2, 0) is 10.0 Å². The monoisotopic (exact) mass is 325 g/mol. The summed E-state index contributed by atoms with van der Waals surface area (Å²) in [4.78, 5) is 14.5. The van der Waals surface area contributed by atoms with Crippen molar-refractivity contribution < 1.29 is 13.2 Å². The first kappa shape index (κ1) is 16.9. The van der Waals surface area contributed by atoms with E-state index in [-0.39, 0.29) is 16.8 Å². The summed E-state index contributed by atoms with van der Waals surface area (Å²) in [7, 11) is -3.86. The van der Waals surface area contributed by atoms with Gasteiger partial charge in [-0.1, -0.05) is 0 Å². The normalized spacial score (nSPS) is 22.1. The third-order valence-electron chi connectivity index (χ3n) is 4.43. The Labute approximate surface area is 131 Å². The Bertz CT molecular complexity index is 700. The van der Waals surface area contributed by atoms with Gasteiger partial charge in [0.2, 0.25) is 10.0 Å². The molecule has 6 nitrogen and oxygen atoms in total. The maximum absolute atomic E-state index is 12.7. The van der Waals surface area contributed by atoms with Crippen molar-refractivity contribution in [2.75, 3.05) is 13.1 Å². The smallest absolute Gasteiger partial charge is 0.254 e. The lowest BCUT2D eigenvalue weighted by atomic mass is 10.0. The van der Waals surface area contributed by atoms with E-state index < -0.39 is 10.0 Å². The molecule has 1 amide bonds. The van der Waals surface area contributed by atoms with E-state index in [4.69, 9.17) is 10.9 Å². The van der Waals surface area contributed by atoms with E-state index >= 15 is 0 Å². The summed E-state index contributed by atoms with van der Waals surface area (Å²) in [6.45, 7) is 6.59. The second-order valence-electron chi connectivity index (χ2n) is 6.11. The van der Waals surface area contributed by atoms with Crippen molar-refractivity contribution in [1.82, 2.24) is 4.90 Å². The highest BCUT2D eigenvalue weighted by atomic mass is 32.2. The van der Waals surface area contributed by atoms with Gasteiger partial charge >= 0.3 is 0 Å². The molecule has 0 aliphatic carbocycles. The van der Waals surface area contributed by atoms with E-state index in [1.807, 2.05) is 6.92 Å². The first-order valence-corrected chi connectivity index (χ1v) is 8.84. The molecule has 2 unspecified atom stereocenters. The number of primary sulfonamides is 1. The van der Waals surface area contributed by atoms with Gasteiger partial charge in [-0.15, -0.1) is 0 Å². The summed E-state index contributed by atoms with van der Waals surface area (Å²) in [5.74, 6) is 0.125. The van der Waals surface area contributed by atoms with Crippen LogP contribution in [0.25, 0.3) is 0 Å². The maximum Gasteiger partial charge on any atom is 0.254 e. The van der Waals surface area contributed by atoms with E-state index in [1.165, 1.54) is 6.07 Å². The molecule has 22 heavy (non-hydrogen) atoms. The molecule has 1 aromatic rings. The number of benzene rings is 1. The van der Waals surface area contributed by atoms with Gasteiger partial charge < -0.3 is 10.6 Å². The highest BCUT2D eigenvalue weighted by molar-refractivity contribution is 7.89. The second-order valence-corrected chi connectivity index (χ2v) is 7.64. The van der Waals surface area contributed by atoms with Crippen LogP contribution in [0.2, 0.25) is 0 Å². The molecule has 1 saturated heterocycles. The summed E-state index contributed by atoms with van der Waals surface area (Å²) < 4.78 is 23.4. The maximum atomic E-state index is 12.7. The molecule has 1 heterocycles. The Morgan fingerprint density at radius 2 is 2.00 bits per heavy atom. The molecule has 0 bridgehead atoms. The standard InChI is InChI=1S/C15H23N3O3S/c1-9-4-13(6-14(11(9)3)22(17,20)21)15(19)18-8-12(7-16)5-10(18)2/h4,6,10,12H,5,7-8,16H2,1-3H3,(H2,17,20,21). The van der Waals surface area contributed by atoms with Gasteiger partial charge in [0.15, 0.2) is 0 Å². The van der Waals surface area contributed by atoms with Gasteiger partial charge in [0.05, 0.1) is 4.90 Å². The number of sulfonamides is 1. The van der Waals surface area contributed by atoms with E-state index in [1.54, 1.807) is 24.8 Å². The average Bonchev–Trinajstić information content (AvgIpc) is 2.80. The minimum Gasteiger partial charge on any atom is -0.336 e. The fourth-order valence-electron chi connectivity index (χ4n) is 3.01. The lowest BCUT2D eigenvalue weighted by molar-refractivity contribution is 0.0743. The number of nitrogens with two attached hydrogens (primary N) is 2. The molecule has 1 aliphatic rings. The summed E-state index contributed by atoms with van der Waals surface area (Å²) in [5.41, 5.74) is 7.36. The molecule has 1 aromatic carbocycles. The van der Waals surface area contributed by atoms with Gasteiger partial charge in [-0.3, -0.25) is 4.79 Å². The van der Waals surface area contributed by atoms with Crippen LogP contribution in [0.5, 0.6) is 0 Å². The first-order chi connectivity index (χ1) is 10.1.